The van der Waals surface area contributed by atoms with Gasteiger partial charge in [-0.1, -0.05) is 206 Å². The molecular weight excluding hydrogens is 675 g/mol. The van der Waals surface area contributed by atoms with Crippen molar-refractivity contribution in [2.24, 2.45) is 0 Å². The lowest BCUT2D eigenvalue weighted by molar-refractivity contribution is 0.768. The summed E-state index contributed by atoms with van der Waals surface area (Å²) in [5, 5.41) is 0. The van der Waals surface area contributed by atoms with E-state index in [2.05, 4.69) is 241 Å². The highest BCUT2D eigenvalue weighted by atomic mass is 15.1. The Hall–Kier alpha value is -7.22. The highest BCUT2D eigenvalue weighted by Gasteiger charge is 2.46. The van der Waals surface area contributed by atoms with Crippen LogP contribution in [0, 0.1) is 0 Å². The summed E-state index contributed by atoms with van der Waals surface area (Å²) in [5.41, 5.74) is 17.6. The summed E-state index contributed by atoms with van der Waals surface area (Å²) in [7, 11) is 0. The zero-order chi connectivity index (χ0) is 37.3. The van der Waals surface area contributed by atoms with Gasteiger partial charge in [0, 0.05) is 16.9 Å². The van der Waals surface area contributed by atoms with E-state index in [9.17, 15) is 0 Å². The number of para-hydroxylation sites is 1. The second-order valence-electron chi connectivity index (χ2n) is 14.5. The molecule has 0 saturated heterocycles. The van der Waals surface area contributed by atoms with Crippen LogP contribution in [0.4, 0.5) is 17.1 Å². The van der Waals surface area contributed by atoms with Gasteiger partial charge < -0.3 is 4.90 Å². The minimum Gasteiger partial charge on any atom is -0.310 e. The average Bonchev–Trinajstić information content (AvgIpc) is 3.59. The fraction of sp³-hybridized carbons (Fsp3) is 0.0182. The standard InChI is InChI=1S/C55H39N/c1-4-18-40(19-5-1)41-34-36-42(37-35-41)44-22-16-26-47(38-44)56(54-33-15-12-28-49(54)43-20-6-2-7-21-43)48-27-17-25-46(39-48)55(45-23-8-3-9-24-45)52-31-13-10-29-50(52)51-30-11-14-32-53(51)55/h1-39H. The molecule has 0 amide bonds. The first-order valence-electron chi connectivity index (χ1n) is 19.3. The van der Waals surface area contributed by atoms with E-state index in [1.165, 1.54) is 66.8 Å². The second-order valence-corrected chi connectivity index (χ2v) is 14.5. The molecule has 0 N–H and O–H groups in total. The maximum Gasteiger partial charge on any atom is 0.0714 e. The van der Waals surface area contributed by atoms with Crippen LogP contribution < -0.4 is 4.90 Å². The zero-order valence-electron chi connectivity index (χ0n) is 31.0. The van der Waals surface area contributed by atoms with Gasteiger partial charge in [0.1, 0.15) is 0 Å². The van der Waals surface area contributed by atoms with Gasteiger partial charge in [-0.25, -0.2) is 0 Å². The Labute approximate surface area is 329 Å². The molecule has 9 aromatic carbocycles. The third-order valence-electron chi connectivity index (χ3n) is 11.4. The first kappa shape index (κ1) is 33.4. The molecule has 264 valence electrons. The quantitative estimate of drug-likeness (QED) is 0.152. The van der Waals surface area contributed by atoms with Crippen molar-refractivity contribution in [2.45, 2.75) is 5.41 Å². The Balaban J connectivity index is 1.18. The smallest absolute Gasteiger partial charge is 0.0714 e. The molecule has 0 saturated carbocycles. The Morgan fingerprint density at radius 3 is 1.34 bits per heavy atom. The predicted octanol–water partition coefficient (Wildman–Crippen LogP) is 14.5. The fourth-order valence-electron chi connectivity index (χ4n) is 8.86. The first-order chi connectivity index (χ1) is 27.8. The molecular formula is C55H39N. The van der Waals surface area contributed by atoms with Crippen molar-refractivity contribution in [2.75, 3.05) is 4.90 Å². The van der Waals surface area contributed by atoms with Crippen molar-refractivity contribution in [3.8, 4) is 44.5 Å². The molecule has 0 unspecified atom stereocenters. The molecule has 0 aliphatic heterocycles. The molecule has 0 heterocycles. The van der Waals surface area contributed by atoms with Gasteiger partial charge >= 0.3 is 0 Å². The summed E-state index contributed by atoms with van der Waals surface area (Å²) >= 11 is 0. The SMILES string of the molecule is c1ccc(-c2ccc(-c3cccc(N(c4cccc(C5(c6ccccc6)c6ccccc6-c6ccccc65)c4)c4ccccc4-c4ccccc4)c3)cc2)cc1. The van der Waals surface area contributed by atoms with Gasteiger partial charge in [0.15, 0.2) is 0 Å². The number of hydrogen-bond acceptors (Lipinski definition) is 1. The minimum atomic E-state index is -0.503. The molecule has 1 nitrogen and oxygen atoms in total. The number of anilines is 3. The molecule has 0 bridgehead atoms. The molecule has 1 aliphatic carbocycles. The van der Waals surface area contributed by atoms with Crippen molar-refractivity contribution in [1.29, 1.82) is 0 Å². The van der Waals surface area contributed by atoms with Crippen LogP contribution in [0.25, 0.3) is 44.5 Å². The van der Waals surface area contributed by atoms with E-state index in [-0.39, 0.29) is 0 Å². The third-order valence-corrected chi connectivity index (χ3v) is 11.4. The summed E-state index contributed by atoms with van der Waals surface area (Å²) in [5.74, 6) is 0. The van der Waals surface area contributed by atoms with Gasteiger partial charge in [-0.05, 0) is 91.5 Å². The van der Waals surface area contributed by atoms with Crippen molar-refractivity contribution >= 4 is 17.1 Å². The molecule has 1 aliphatic rings. The first-order valence-corrected chi connectivity index (χ1v) is 19.3. The van der Waals surface area contributed by atoms with E-state index >= 15 is 0 Å². The third kappa shape index (κ3) is 5.65. The number of hydrogen-bond donors (Lipinski definition) is 0. The number of benzene rings is 9. The van der Waals surface area contributed by atoms with Crippen LogP contribution in [-0.4, -0.2) is 0 Å². The lowest BCUT2D eigenvalue weighted by Crippen LogP contribution is -2.28. The van der Waals surface area contributed by atoms with E-state index in [0.717, 1.165) is 17.1 Å². The fourth-order valence-corrected chi connectivity index (χ4v) is 8.86. The van der Waals surface area contributed by atoms with Crippen LogP contribution in [0.2, 0.25) is 0 Å². The number of rotatable bonds is 8. The van der Waals surface area contributed by atoms with E-state index in [1.807, 2.05) is 0 Å². The topological polar surface area (TPSA) is 3.24 Å². The van der Waals surface area contributed by atoms with E-state index < -0.39 is 5.41 Å². The lowest BCUT2D eigenvalue weighted by Gasteiger charge is -2.35. The summed E-state index contributed by atoms with van der Waals surface area (Å²) in [6, 6.07) is 86.2. The summed E-state index contributed by atoms with van der Waals surface area (Å²) in [4.78, 5) is 2.44. The normalized spacial score (nSPS) is 12.4. The maximum atomic E-state index is 2.44. The molecule has 0 atom stereocenters. The van der Waals surface area contributed by atoms with Crippen LogP contribution >= 0.6 is 0 Å². The van der Waals surface area contributed by atoms with Gasteiger partial charge in [-0.2, -0.15) is 0 Å². The molecule has 10 rings (SSSR count). The average molecular weight is 714 g/mol. The Kier molecular flexibility index (Phi) is 8.46. The molecule has 9 aromatic rings. The maximum absolute atomic E-state index is 2.44. The molecule has 1 heteroatoms. The second kappa shape index (κ2) is 14.2. The highest BCUT2D eigenvalue weighted by molar-refractivity contribution is 5.91. The highest BCUT2D eigenvalue weighted by Crippen LogP contribution is 2.56. The summed E-state index contributed by atoms with van der Waals surface area (Å²) in [6.45, 7) is 0. The van der Waals surface area contributed by atoms with Crippen molar-refractivity contribution < 1.29 is 0 Å². The van der Waals surface area contributed by atoms with Crippen molar-refractivity contribution in [3.05, 3.63) is 259 Å². The monoisotopic (exact) mass is 713 g/mol. The Bertz CT molecular complexity index is 2740. The molecule has 0 fully saturated rings. The van der Waals surface area contributed by atoms with Gasteiger partial charge in [-0.3, -0.25) is 0 Å². The minimum absolute atomic E-state index is 0.503. The Morgan fingerprint density at radius 1 is 0.268 bits per heavy atom. The van der Waals surface area contributed by atoms with Crippen LogP contribution in [0.15, 0.2) is 237 Å². The van der Waals surface area contributed by atoms with Gasteiger partial charge in [0.2, 0.25) is 0 Å². The molecule has 56 heavy (non-hydrogen) atoms. The van der Waals surface area contributed by atoms with Gasteiger partial charge in [0.25, 0.3) is 0 Å². The largest absolute Gasteiger partial charge is 0.310 e. The van der Waals surface area contributed by atoms with Crippen LogP contribution in [0.1, 0.15) is 22.3 Å². The zero-order valence-corrected chi connectivity index (χ0v) is 31.0. The van der Waals surface area contributed by atoms with Crippen LogP contribution in [0.5, 0.6) is 0 Å². The van der Waals surface area contributed by atoms with E-state index in [0.29, 0.717) is 0 Å². The van der Waals surface area contributed by atoms with E-state index in [1.54, 1.807) is 0 Å². The van der Waals surface area contributed by atoms with Crippen LogP contribution in [0.3, 0.4) is 0 Å². The Morgan fingerprint density at radius 2 is 0.696 bits per heavy atom. The lowest BCUT2D eigenvalue weighted by atomic mass is 9.67. The number of nitrogens with zero attached hydrogens (tertiary/aromatic N) is 1. The molecule has 0 radical (unpaired) electrons. The van der Waals surface area contributed by atoms with Crippen LogP contribution in [-0.2, 0) is 5.41 Å². The van der Waals surface area contributed by atoms with E-state index in [4.69, 9.17) is 0 Å². The number of fused-ring (bicyclic) bond motifs is 3. The predicted molar refractivity (Wildman–Crippen MR) is 235 cm³/mol. The van der Waals surface area contributed by atoms with Gasteiger partial charge in [0.05, 0.1) is 11.1 Å². The summed E-state index contributed by atoms with van der Waals surface area (Å²) in [6.07, 6.45) is 0. The molecule has 0 spiro atoms. The summed E-state index contributed by atoms with van der Waals surface area (Å²) < 4.78 is 0. The van der Waals surface area contributed by atoms with Gasteiger partial charge in [-0.15, -0.1) is 0 Å². The molecule has 0 aromatic heterocycles. The van der Waals surface area contributed by atoms with Crippen molar-refractivity contribution in [3.63, 3.8) is 0 Å². The van der Waals surface area contributed by atoms with Crippen molar-refractivity contribution in [1.82, 2.24) is 0 Å².